The Kier molecular flexibility index (Phi) is 7.34. The van der Waals surface area contributed by atoms with E-state index in [-0.39, 0.29) is 11.5 Å². The third-order valence-electron chi connectivity index (χ3n) is 7.79. The molecule has 0 fully saturated rings. The first-order valence-corrected chi connectivity index (χ1v) is 15.4. The van der Waals surface area contributed by atoms with Crippen LogP contribution in [0.1, 0.15) is 29.7 Å². The molecule has 4 aromatic carbocycles. The van der Waals surface area contributed by atoms with Crippen molar-refractivity contribution < 1.29 is 4.79 Å². The molecule has 0 spiro atoms. The SMILES string of the molecule is CC1=C(C(=O)Nc2ccccc2)[C@@H](c2ccc(Cl)cc2)n2c(s/c(=C\c3cn(Cc4ccccc4)c4ccccc34)c2=O)=N1. The number of nitrogens with zero attached hydrogens (tertiary/aromatic N) is 3. The second-order valence-corrected chi connectivity index (χ2v) is 12.1. The largest absolute Gasteiger partial charge is 0.342 e. The van der Waals surface area contributed by atoms with Crippen LogP contribution in [0.2, 0.25) is 5.02 Å². The fourth-order valence-electron chi connectivity index (χ4n) is 5.73. The van der Waals surface area contributed by atoms with Gasteiger partial charge in [0.1, 0.15) is 0 Å². The highest BCUT2D eigenvalue weighted by Gasteiger charge is 2.32. The molecule has 6 nitrogen and oxygen atoms in total. The van der Waals surface area contributed by atoms with Gasteiger partial charge in [0.25, 0.3) is 11.5 Å². The Hall–Kier alpha value is -4.98. The fraction of sp³-hybridized carbons (Fsp3) is 0.0833. The van der Waals surface area contributed by atoms with Gasteiger partial charge in [-0.1, -0.05) is 102 Å². The lowest BCUT2D eigenvalue weighted by Crippen LogP contribution is -2.40. The number of carbonyl (C=O) groups excluding carboxylic acids is 1. The van der Waals surface area contributed by atoms with E-state index >= 15 is 0 Å². The number of aromatic nitrogens is 2. The van der Waals surface area contributed by atoms with Crippen molar-refractivity contribution in [3.63, 3.8) is 0 Å². The molecular formula is C36H27ClN4O2S. The summed E-state index contributed by atoms with van der Waals surface area (Å²) in [7, 11) is 0. The maximum atomic E-state index is 14.2. The second-order valence-electron chi connectivity index (χ2n) is 10.7. The molecule has 1 aliphatic rings. The molecule has 8 heteroatoms. The molecule has 1 N–H and O–H groups in total. The van der Waals surface area contributed by atoms with Crippen molar-refractivity contribution in [2.75, 3.05) is 5.32 Å². The minimum absolute atomic E-state index is 0.203. The molecule has 2 aromatic heterocycles. The molecule has 0 bridgehead atoms. The molecule has 1 amide bonds. The lowest BCUT2D eigenvalue weighted by Gasteiger charge is -2.25. The van der Waals surface area contributed by atoms with Crippen LogP contribution in [0.3, 0.4) is 0 Å². The van der Waals surface area contributed by atoms with Gasteiger partial charge >= 0.3 is 0 Å². The number of anilines is 1. The average molecular weight is 615 g/mol. The van der Waals surface area contributed by atoms with Crippen molar-refractivity contribution in [3.8, 4) is 0 Å². The van der Waals surface area contributed by atoms with Gasteiger partial charge in [0.15, 0.2) is 4.80 Å². The number of fused-ring (bicyclic) bond motifs is 2. The normalized spacial score (nSPS) is 14.9. The van der Waals surface area contributed by atoms with E-state index in [0.717, 1.165) is 22.0 Å². The lowest BCUT2D eigenvalue weighted by molar-refractivity contribution is -0.113. The van der Waals surface area contributed by atoms with Gasteiger partial charge in [-0.2, -0.15) is 0 Å². The fourth-order valence-corrected chi connectivity index (χ4v) is 6.90. The van der Waals surface area contributed by atoms with Crippen molar-refractivity contribution in [1.29, 1.82) is 0 Å². The van der Waals surface area contributed by atoms with E-state index in [1.807, 2.05) is 85.8 Å². The van der Waals surface area contributed by atoms with E-state index in [4.69, 9.17) is 16.6 Å². The number of halogens is 1. The molecule has 0 saturated heterocycles. The predicted molar refractivity (Wildman–Crippen MR) is 178 cm³/mol. The van der Waals surface area contributed by atoms with Crippen LogP contribution < -0.4 is 20.2 Å². The van der Waals surface area contributed by atoms with Gasteiger partial charge < -0.3 is 9.88 Å². The van der Waals surface area contributed by atoms with Crippen LogP contribution in [0.4, 0.5) is 5.69 Å². The van der Waals surface area contributed by atoms with Crippen LogP contribution in [-0.4, -0.2) is 15.0 Å². The van der Waals surface area contributed by atoms with Gasteiger partial charge in [-0.25, -0.2) is 4.99 Å². The molecule has 7 rings (SSSR count). The topological polar surface area (TPSA) is 68.4 Å². The highest BCUT2D eigenvalue weighted by Crippen LogP contribution is 2.31. The maximum absolute atomic E-state index is 14.2. The number of amides is 1. The third-order valence-corrected chi connectivity index (χ3v) is 9.02. The van der Waals surface area contributed by atoms with Crippen molar-refractivity contribution in [2.24, 2.45) is 4.99 Å². The van der Waals surface area contributed by atoms with E-state index in [0.29, 0.717) is 37.9 Å². The van der Waals surface area contributed by atoms with E-state index in [1.165, 1.54) is 16.9 Å². The first-order valence-electron chi connectivity index (χ1n) is 14.2. The van der Waals surface area contributed by atoms with Crippen molar-refractivity contribution in [1.82, 2.24) is 9.13 Å². The van der Waals surface area contributed by atoms with Gasteiger partial charge in [0.2, 0.25) is 0 Å². The number of allylic oxidation sites excluding steroid dienone is 1. The predicted octanol–water partition coefficient (Wildman–Crippen LogP) is 6.53. The number of thiazole rings is 1. The minimum atomic E-state index is -0.672. The Bertz CT molecular complexity index is 2230. The molecule has 216 valence electrons. The lowest BCUT2D eigenvalue weighted by atomic mass is 9.95. The van der Waals surface area contributed by atoms with Crippen LogP contribution >= 0.6 is 22.9 Å². The summed E-state index contributed by atoms with van der Waals surface area (Å²) in [5.74, 6) is -0.310. The summed E-state index contributed by atoms with van der Waals surface area (Å²) < 4.78 is 4.39. The molecule has 0 saturated carbocycles. The zero-order chi connectivity index (χ0) is 30.2. The highest BCUT2D eigenvalue weighted by molar-refractivity contribution is 7.07. The van der Waals surface area contributed by atoms with Crippen LogP contribution in [0.5, 0.6) is 0 Å². The van der Waals surface area contributed by atoms with Crippen LogP contribution in [0.25, 0.3) is 17.0 Å². The quantitative estimate of drug-likeness (QED) is 0.232. The molecule has 3 heterocycles. The number of hydrogen-bond donors (Lipinski definition) is 1. The molecule has 1 aliphatic heterocycles. The Morgan fingerprint density at radius 2 is 1.61 bits per heavy atom. The van der Waals surface area contributed by atoms with Crippen LogP contribution in [0, 0.1) is 0 Å². The zero-order valence-corrected chi connectivity index (χ0v) is 25.3. The Balaban J connectivity index is 1.36. The molecule has 0 radical (unpaired) electrons. The van der Waals surface area contributed by atoms with Gasteiger partial charge in [0.05, 0.1) is 21.8 Å². The molecule has 0 aliphatic carbocycles. The number of rotatable bonds is 6. The number of hydrogen-bond acceptors (Lipinski definition) is 4. The number of benzene rings is 4. The standard InChI is InChI=1S/C36H27ClN4O2S/c1-23-32(34(42)39-28-12-6-3-7-13-28)33(25-16-18-27(37)19-17-25)41-35(43)31(44-36(41)38-23)20-26-22-40(21-24-10-4-2-5-11-24)30-15-9-8-14-29(26)30/h2-20,22,33H,21H2,1H3,(H,39,42)/b31-20-/t33-/m1/s1. The average Bonchev–Trinajstić information content (AvgIpc) is 3.54. The van der Waals surface area contributed by atoms with Crippen molar-refractivity contribution >= 4 is 51.5 Å². The summed E-state index contributed by atoms with van der Waals surface area (Å²) in [6, 6.07) is 34.4. The molecule has 44 heavy (non-hydrogen) atoms. The highest BCUT2D eigenvalue weighted by atomic mass is 35.5. The summed E-state index contributed by atoms with van der Waals surface area (Å²) in [5.41, 5.74) is 5.43. The first-order chi connectivity index (χ1) is 21.5. The van der Waals surface area contributed by atoms with Gasteiger partial charge in [-0.05, 0) is 54.5 Å². The molecular weight excluding hydrogens is 588 g/mol. The number of nitrogens with one attached hydrogen (secondary N) is 1. The first kappa shape index (κ1) is 27.8. The second kappa shape index (κ2) is 11.6. The van der Waals surface area contributed by atoms with Gasteiger partial charge in [-0.15, -0.1) is 0 Å². The Morgan fingerprint density at radius 3 is 2.36 bits per heavy atom. The maximum Gasteiger partial charge on any atom is 0.271 e. The van der Waals surface area contributed by atoms with Gasteiger partial charge in [-0.3, -0.25) is 14.2 Å². The minimum Gasteiger partial charge on any atom is -0.342 e. The summed E-state index contributed by atoms with van der Waals surface area (Å²) >= 11 is 7.56. The third kappa shape index (κ3) is 5.21. The molecule has 1 atom stereocenters. The number of para-hydroxylation sites is 2. The summed E-state index contributed by atoms with van der Waals surface area (Å²) in [5, 5.41) is 4.62. The van der Waals surface area contributed by atoms with E-state index < -0.39 is 6.04 Å². The van der Waals surface area contributed by atoms with Crippen molar-refractivity contribution in [2.45, 2.75) is 19.5 Å². The Morgan fingerprint density at radius 1 is 0.932 bits per heavy atom. The van der Waals surface area contributed by atoms with Crippen molar-refractivity contribution in [3.05, 3.63) is 168 Å². The van der Waals surface area contributed by atoms with Gasteiger partial charge in [0, 0.05) is 39.9 Å². The van der Waals surface area contributed by atoms with E-state index in [1.54, 1.807) is 16.7 Å². The molecule has 0 unspecified atom stereocenters. The van der Waals surface area contributed by atoms with E-state index in [9.17, 15) is 9.59 Å². The van der Waals surface area contributed by atoms with E-state index in [2.05, 4.69) is 40.3 Å². The van der Waals surface area contributed by atoms with Crippen LogP contribution in [0.15, 0.2) is 136 Å². The molecule has 6 aromatic rings. The van der Waals surface area contributed by atoms with Crippen LogP contribution in [-0.2, 0) is 11.3 Å². The number of carbonyl (C=O) groups is 1. The Labute approximate surface area is 262 Å². The monoisotopic (exact) mass is 614 g/mol. The summed E-state index contributed by atoms with van der Waals surface area (Å²) in [6.07, 6.45) is 4.03. The smallest absolute Gasteiger partial charge is 0.271 e. The summed E-state index contributed by atoms with van der Waals surface area (Å²) in [4.78, 5) is 33.3. The zero-order valence-electron chi connectivity index (χ0n) is 23.8. The summed E-state index contributed by atoms with van der Waals surface area (Å²) in [6.45, 7) is 2.53.